The number of hydrogen-bond donors (Lipinski definition) is 0. The minimum atomic E-state index is -0.804. The summed E-state index contributed by atoms with van der Waals surface area (Å²) in [6, 6.07) is 0. The van der Waals surface area contributed by atoms with Gasteiger partial charge in [0.15, 0.2) is 6.10 Å². The van der Waals surface area contributed by atoms with Gasteiger partial charge in [0.2, 0.25) is 0 Å². The number of esters is 3. The van der Waals surface area contributed by atoms with Crippen molar-refractivity contribution >= 4 is 17.9 Å². The number of carbonyl (C=O) groups excluding carboxylic acids is 3. The molecule has 1 atom stereocenters. The molecule has 0 heterocycles. The first kappa shape index (κ1) is 76.5. The van der Waals surface area contributed by atoms with Crippen LogP contribution in [0.2, 0.25) is 0 Å². The van der Waals surface area contributed by atoms with Crippen molar-refractivity contribution in [3.63, 3.8) is 0 Å². The second-order valence-corrected chi connectivity index (χ2v) is 22.0. The first-order valence-corrected chi connectivity index (χ1v) is 33.7. The summed E-state index contributed by atoms with van der Waals surface area (Å²) in [5, 5.41) is 0. The van der Waals surface area contributed by atoms with E-state index in [0.29, 0.717) is 19.3 Å². The van der Waals surface area contributed by atoms with Gasteiger partial charge in [0.1, 0.15) is 13.2 Å². The van der Waals surface area contributed by atoms with Crippen LogP contribution in [0.15, 0.2) is 134 Å². The quantitative estimate of drug-likeness (QED) is 0.0261. The van der Waals surface area contributed by atoms with Crippen molar-refractivity contribution in [2.45, 2.75) is 309 Å². The molecule has 0 fully saturated rings. The number of allylic oxidation sites excluding steroid dienone is 22. The fourth-order valence-corrected chi connectivity index (χ4v) is 9.07. The van der Waals surface area contributed by atoms with Crippen LogP contribution in [0.1, 0.15) is 303 Å². The highest BCUT2D eigenvalue weighted by molar-refractivity contribution is 5.71. The molecule has 0 rings (SSSR count). The van der Waals surface area contributed by atoms with Crippen LogP contribution in [0.3, 0.4) is 0 Å². The monoisotopic (exact) mass is 1120 g/mol. The van der Waals surface area contributed by atoms with Gasteiger partial charge in [-0.05, 0) is 141 Å². The molecule has 0 aromatic heterocycles. The molecule has 0 aliphatic rings. The fraction of sp³-hybridized carbons (Fsp3) is 0.667. The largest absolute Gasteiger partial charge is 0.462 e. The average Bonchev–Trinajstić information content (AvgIpc) is 3.47. The van der Waals surface area contributed by atoms with Crippen molar-refractivity contribution < 1.29 is 28.6 Å². The van der Waals surface area contributed by atoms with Gasteiger partial charge in [0.05, 0.1) is 0 Å². The zero-order chi connectivity index (χ0) is 58.5. The minimum Gasteiger partial charge on any atom is -0.462 e. The number of unbranched alkanes of at least 4 members (excludes halogenated alkanes) is 27. The normalized spacial score (nSPS) is 13.0. The van der Waals surface area contributed by atoms with Crippen LogP contribution in [0, 0.1) is 0 Å². The Labute approximate surface area is 500 Å². The van der Waals surface area contributed by atoms with Crippen LogP contribution in [-0.4, -0.2) is 37.2 Å². The molecule has 1 unspecified atom stereocenters. The molecule has 6 heteroatoms. The van der Waals surface area contributed by atoms with Crippen molar-refractivity contribution in [2.75, 3.05) is 13.2 Å². The molecule has 0 saturated carbocycles. The molecular weight excluding hydrogens is 997 g/mol. The molecule has 0 aromatic carbocycles. The van der Waals surface area contributed by atoms with E-state index in [2.05, 4.69) is 154 Å². The zero-order valence-electron chi connectivity index (χ0n) is 52.8. The Kier molecular flexibility index (Phi) is 64.3. The molecule has 81 heavy (non-hydrogen) atoms. The zero-order valence-corrected chi connectivity index (χ0v) is 52.8. The maximum absolute atomic E-state index is 13.0. The predicted octanol–water partition coefficient (Wildman–Crippen LogP) is 23.3. The predicted molar refractivity (Wildman–Crippen MR) is 353 cm³/mol. The van der Waals surface area contributed by atoms with Crippen LogP contribution < -0.4 is 0 Å². The van der Waals surface area contributed by atoms with Crippen molar-refractivity contribution in [1.82, 2.24) is 0 Å². The third-order valence-electron chi connectivity index (χ3n) is 14.1. The summed E-state index contributed by atoms with van der Waals surface area (Å²) in [5.74, 6) is -0.932. The molecule has 0 aliphatic heterocycles. The van der Waals surface area contributed by atoms with Gasteiger partial charge in [-0.3, -0.25) is 14.4 Å². The fourth-order valence-electron chi connectivity index (χ4n) is 9.07. The van der Waals surface area contributed by atoms with E-state index in [0.717, 1.165) is 141 Å². The maximum Gasteiger partial charge on any atom is 0.306 e. The Morgan fingerprint density at radius 1 is 0.259 bits per heavy atom. The topological polar surface area (TPSA) is 78.9 Å². The Morgan fingerprint density at radius 2 is 0.481 bits per heavy atom. The lowest BCUT2D eigenvalue weighted by molar-refractivity contribution is -0.167. The lowest BCUT2D eigenvalue weighted by atomic mass is 10.1. The first-order chi connectivity index (χ1) is 40.0. The van der Waals surface area contributed by atoms with Crippen molar-refractivity contribution in [3.8, 4) is 0 Å². The van der Waals surface area contributed by atoms with Crippen molar-refractivity contribution in [2.24, 2.45) is 0 Å². The van der Waals surface area contributed by atoms with E-state index in [1.165, 1.54) is 122 Å². The Hall–Kier alpha value is -4.45. The molecule has 0 aromatic rings. The lowest BCUT2D eigenvalue weighted by Gasteiger charge is -2.18. The van der Waals surface area contributed by atoms with Gasteiger partial charge in [0.25, 0.3) is 0 Å². The van der Waals surface area contributed by atoms with Gasteiger partial charge in [-0.25, -0.2) is 0 Å². The van der Waals surface area contributed by atoms with E-state index < -0.39 is 6.10 Å². The number of hydrogen-bond acceptors (Lipinski definition) is 6. The van der Waals surface area contributed by atoms with Crippen molar-refractivity contribution in [1.29, 1.82) is 0 Å². The Bertz CT molecular complexity index is 1720. The van der Waals surface area contributed by atoms with E-state index in [4.69, 9.17) is 14.2 Å². The summed E-state index contributed by atoms with van der Waals surface area (Å²) in [6.45, 7) is 6.47. The van der Waals surface area contributed by atoms with E-state index in [-0.39, 0.29) is 31.1 Å². The highest BCUT2D eigenvalue weighted by Gasteiger charge is 2.19. The smallest absolute Gasteiger partial charge is 0.306 e. The molecule has 0 spiro atoms. The summed E-state index contributed by atoms with van der Waals surface area (Å²) in [4.78, 5) is 38.4. The van der Waals surface area contributed by atoms with Crippen LogP contribution >= 0.6 is 0 Å². The van der Waals surface area contributed by atoms with Crippen LogP contribution in [0.4, 0.5) is 0 Å². The van der Waals surface area contributed by atoms with E-state index in [9.17, 15) is 14.4 Å². The number of carbonyl (C=O) groups is 3. The summed E-state index contributed by atoms with van der Waals surface area (Å²) in [6.07, 6.45) is 95.9. The Balaban J connectivity index is 4.48. The lowest BCUT2D eigenvalue weighted by Crippen LogP contribution is -2.30. The average molecular weight is 1120 g/mol. The molecular formula is C75H124O6. The summed E-state index contributed by atoms with van der Waals surface area (Å²) in [7, 11) is 0. The SMILES string of the molecule is CC/C=C\C/C=C\C/C=C\C/C=C\C/C=C\C/C=C\CCCCCCC(=O)OCC(COC(=O)CCCCCCCCC/C=C\C/C=C\CCCCC)OC(=O)CCCCCCCCCC/C=C\C/C=C\C/C=C\CCCCCCC. The van der Waals surface area contributed by atoms with Gasteiger partial charge in [-0.1, -0.05) is 276 Å². The first-order valence-electron chi connectivity index (χ1n) is 33.7. The molecule has 0 saturated heterocycles. The molecule has 0 aliphatic carbocycles. The van der Waals surface area contributed by atoms with Gasteiger partial charge in [-0.2, -0.15) is 0 Å². The van der Waals surface area contributed by atoms with Gasteiger partial charge in [0, 0.05) is 19.3 Å². The molecule has 0 bridgehead atoms. The second-order valence-electron chi connectivity index (χ2n) is 22.0. The highest BCUT2D eigenvalue weighted by atomic mass is 16.6. The second kappa shape index (κ2) is 68.1. The van der Waals surface area contributed by atoms with E-state index in [1.54, 1.807) is 0 Å². The third kappa shape index (κ3) is 66.2. The minimum absolute atomic E-state index is 0.0970. The molecule has 0 radical (unpaired) electrons. The van der Waals surface area contributed by atoms with Gasteiger partial charge >= 0.3 is 17.9 Å². The summed E-state index contributed by atoms with van der Waals surface area (Å²) >= 11 is 0. The summed E-state index contributed by atoms with van der Waals surface area (Å²) in [5.41, 5.74) is 0. The summed E-state index contributed by atoms with van der Waals surface area (Å²) < 4.78 is 16.9. The molecule has 460 valence electrons. The van der Waals surface area contributed by atoms with Crippen LogP contribution in [0.5, 0.6) is 0 Å². The maximum atomic E-state index is 13.0. The molecule has 6 nitrogen and oxygen atoms in total. The Morgan fingerprint density at radius 3 is 0.778 bits per heavy atom. The number of ether oxygens (including phenoxy) is 3. The number of rotatable bonds is 60. The molecule has 0 amide bonds. The highest BCUT2D eigenvalue weighted by Crippen LogP contribution is 2.15. The van der Waals surface area contributed by atoms with E-state index in [1.807, 2.05) is 0 Å². The van der Waals surface area contributed by atoms with E-state index >= 15 is 0 Å². The van der Waals surface area contributed by atoms with Crippen molar-refractivity contribution in [3.05, 3.63) is 134 Å². The van der Waals surface area contributed by atoms with Crippen LogP contribution in [0.25, 0.3) is 0 Å². The van der Waals surface area contributed by atoms with Gasteiger partial charge < -0.3 is 14.2 Å². The third-order valence-corrected chi connectivity index (χ3v) is 14.1. The molecule has 0 N–H and O–H groups in total. The standard InChI is InChI=1S/C75H124O6/c1-4-7-10-13-16-19-22-25-28-31-33-35-37-39-41-44-47-50-53-56-59-62-65-68-74(77)80-71-72(70-79-73(76)67-64-61-58-55-52-49-46-43-30-27-24-21-18-15-12-9-6-3)81-75(78)69-66-63-60-57-54-51-48-45-42-40-38-36-34-32-29-26-23-20-17-14-11-8-5-2/h7,10,16,18-19,21,23,25-28,30,32-35,38-41,47,50,72H,4-6,8-9,11-15,17,20,22,24,29,31,36-37,42-46,48-49,51-71H2,1-3H3/b10-7-,19-16-,21-18-,26-23-,28-25-,30-27-,34-32-,35-33-,40-38-,41-39-,50-47-. The van der Waals surface area contributed by atoms with Gasteiger partial charge in [-0.15, -0.1) is 0 Å². The van der Waals surface area contributed by atoms with Crippen LogP contribution in [-0.2, 0) is 28.6 Å².